The molecular formula is C20H18Cl3NO6. The Kier molecular flexibility index (Phi) is 7.90. The fourth-order valence-electron chi connectivity index (χ4n) is 2.58. The Balaban J connectivity index is 1.35. The summed E-state index contributed by atoms with van der Waals surface area (Å²) in [6.07, 6.45) is 0.593. The molecule has 0 saturated heterocycles. The molecule has 30 heavy (non-hydrogen) atoms. The molecule has 0 aromatic heterocycles. The Morgan fingerprint density at radius 1 is 0.933 bits per heavy atom. The van der Waals surface area contributed by atoms with Gasteiger partial charge in [0.05, 0.1) is 15.1 Å². The topological polar surface area (TPSA) is 83.1 Å². The van der Waals surface area contributed by atoms with Crippen LogP contribution in [-0.2, 0) is 20.7 Å². The number of benzene rings is 2. The molecule has 2 aromatic carbocycles. The van der Waals surface area contributed by atoms with Gasteiger partial charge in [0.2, 0.25) is 0 Å². The summed E-state index contributed by atoms with van der Waals surface area (Å²) in [5.41, 5.74) is 0.989. The number of carbonyl (C=O) groups excluding carboxylic acids is 2. The van der Waals surface area contributed by atoms with E-state index in [4.69, 9.17) is 53.8 Å². The molecule has 2 aromatic rings. The predicted molar refractivity (Wildman–Crippen MR) is 112 cm³/mol. The molecule has 10 heteroatoms. The van der Waals surface area contributed by atoms with Crippen molar-refractivity contribution in [2.75, 3.05) is 33.0 Å². The summed E-state index contributed by atoms with van der Waals surface area (Å²) >= 11 is 17.7. The molecule has 0 fully saturated rings. The number of ether oxygens (including phenoxy) is 4. The van der Waals surface area contributed by atoms with Crippen LogP contribution in [0, 0.1) is 0 Å². The first-order valence-electron chi connectivity index (χ1n) is 9.00. The van der Waals surface area contributed by atoms with Crippen LogP contribution in [0.3, 0.4) is 0 Å². The molecule has 0 saturated carbocycles. The number of esters is 1. The number of carbonyl (C=O) groups is 2. The van der Waals surface area contributed by atoms with Gasteiger partial charge in [0.1, 0.15) is 19.0 Å². The Morgan fingerprint density at radius 3 is 2.47 bits per heavy atom. The van der Waals surface area contributed by atoms with Crippen LogP contribution in [0.2, 0.25) is 15.1 Å². The average Bonchev–Trinajstić information content (AvgIpc) is 2.73. The highest BCUT2D eigenvalue weighted by atomic mass is 35.5. The van der Waals surface area contributed by atoms with E-state index in [1.54, 1.807) is 0 Å². The molecule has 1 N–H and O–H groups in total. The molecule has 0 unspecified atom stereocenters. The van der Waals surface area contributed by atoms with Crippen molar-refractivity contribution >= 4 is 46.7 Å². The van der Waals surface area contributed by atoms with Crippen molar-refractivity contribution < 1.29 is 28.5 Å². The van der Waals surface area contributed by atoms with Crippen LogP contribution in [0.25, 0.3) is 0 Å². The fourth-order valence-corrected chi connectivity index (χ4v) is 3.17. The van der Waals surface area contributed by atoms with Gasteiger partial charge in [-0.25, -0.2) is 4.79 Å². The van der Waals surface area contributed by atoms with Crippen molar-refractivity contribution in [1.82, 2.24) is 5.32 Å². The second-order valence-corrected chi connectivity index (χ2v) is 7.45. The Bertz CT molecular complexity index is 937. The maximum absolute atomic E-state index is 11.9. The normalized spacial score (nSPS) is 12.2. The van der Waals surface area contributed by atoms with Gasteiger partial charge in [0, 0.05) is 12.6 Å². The number of halogens is 3. The molecule has 1 aliphatic heterocycles. The van der Waals surface area contributed by atoms with Crippen LogP contribution in [0.15, 0.2) is 30.3 Å². The summed E-state index contributed by atoms with van der Waals surface area (Å²) < 4.78 is 21.1. The van der Waals surface area contributed by atoms with Crippen LogP contribution in [0.1, 0.15) is 5.56 Å². The summed E-state index contributed by atoms with van der Waals surface area (Å²) in [6.45, 7) is 0.582. The largest absolute Gasteiger partial charge is 0.486 e. The van der Waals surface area contributed by atoms with Crippen LogP contribution in [-0.4, -0.2) is 44.8 Å². The summed E-state index contributed by atoms with van der Waals surface area (Å²) in [7, 11) is 0. The van der Waals surface area contributed by atoms with Crippen molar-refractivity contribution in [2.45, 2.75) is 6.42 Å². The van der Waals surface area contributed by atoms with Crippen LogP contribution in [0.4, 0.5) is 0 Å². The highest BCUT2D eigenvalue weighted by molar-refractivity contribution is 6.43. The Labute approximate surface area is 188 Å². The molecule has 160 valence electrons. The van der Waals surface area contributed by atoms with E-state index in [2.05, 4.69) is 5.32 Å². The van der Waals surface area contributed by atoms with Crippen LogP contribution >= 0.6 is 34.8 Å². The maximum atomic E-state index is 11.9. The van der Waals surface area contributed by atoms with Crippen LogP contribution in [0.5, 0.6) is 17.2 Å². The molecule has 0 bridgehead atoms. The first-order chi connectivity index (χ1) is 14.4. The van der Waals surface area contributed by atoms with E-state index >= 15 is 0 Å². The van der Waals surface area contributed by atoms with Gasteiger partial charge in [-0.1, -0.05) is 40.9 Å². The van der Waals surface area contributed by atoms with Crippen molar-refractivity contribution in [3.8, 4) is 17.2 Å². The van der Waals surface area contributed by atoms with Crippen molar-refractivity contribution in [3.05, 3.63) is 51.0 Å². The lowest BCUT2D eigenvalue weighted by Gasteiger charge is -2.18. The molecule has 7 nitrogen and oxygen atoms in total. The van der Waals surface area contributed by atoms with E-state index in [9.17, 15) is 9.59 Å². The van der Waals surface area contributed by atoms with E-state index in [-0.39, 0.29) is 20.8 Å². The summed E-state index contributed by atoms with van der Waals surface area (Å²) in [5.74, 6) is 0.450. The first kappa shape index (κ1) is 22.3. The van der Waals surface area contributed by atoms with Crippen molar-refractivity contribution in [2.24, 2.45) is 0 Å². The lowest BCUT2D eigenvalue weighted by Crippen LogP contribution is -2.31. The molecular weight excluding hydrogens is 457 g/mol. The number of nitrogens with one attached hydrogen (secondary N) is 1. The highest BCUT2D eigenvalue weighted by Gasteiger charge is 2.13. The SMILES string of the molecule is O=C(COC(=O)COc1cc(Cl)c(Cl)cc1Cl)NCCc1ccc2c(c1)OCCO2. The fraction of sp³-hybridized carbons (Fsp3) is 0.300. The lowest BCUT2D eigenvalue weighted by molar-refractivity contribution is -0.150. The lowest BCUT2D eigenvalue weighted by atomic mass is 10.1. The van der Waals surface area contributed by atoms with E-state index in [0.29, 0.717) is 37.7 Å². The molecule has 0 radical (unpaired) electrons. The number of hydrogen-bond donors (Lipinski definition) is 1. The Morgan fingerprint density at radius 2 is 1.67 bits per heavy atom. The summed E-state index contributed by atoms with van der Waals surface area (Å²) in [4.78, 5) is 23.6. The number of rotatable bonds is 8. The third kappa shape index (κ3) is 6.32. The van der Waals surface area contributed by atoms with E-state index < -0.39 is 25.1 Å². The van der Waals surface area contributed by atoms with Crippen molar-refractivity contribution in [1.29, 1.82) is 0 Å². The number of hydrogen-bond acceptors (Lipinski definition) is 6. The van der Waals surface area contributed by atoms with E-state index in [0.717, 1.165) is 5.56 Å². The van der Waals surface area contributed by atoms with Gasteiger partial charge in [-0.3, -0.25) is 4.79 Å². The minimum absolute atomic E-state index is 0.187. The molecule has 0 spiro atoms. The predicted octanol–water partition coefficient (Wildman–Crippen LogP) is 3.70. The zero-order valence-corrected chi connectivity index (χ0v) is 18.0. The van der Waals surface area contributed by atoms with Gasteiger partial charge in [-0.2, -0.15) is 0 Å². The highest BCUT2D eigenvalue weighted by Crippen LogP contribution is 2.34. The second-order valence-electron chi connectivity index (χ2n) is 6.22. The quantitative estimate of drug-likeness (QED) is 0.464. The monoisotopic (exact) mass is 473 g/mol. The first-order valence-corrected chi connectivity index (χ1v) is 10.1. The molecule has 0 aliphatic carbocycles. The summed E-state index contributed by atoms with van der Waals surface area (Å²) in [5, 5.41) is 3.39. The van der Waals surface area contributed by atoms with Gasteiger partial charge in [0.25, 0.3) is 5.91 Å². The third-order valence-corrected chi connectivity index (χ3v) is 5.04. The van der Waals surface area contributed by atoms with E-state index in [1.807, 2.05) is 18.2 Å². The van der Waals surface area contributed by atoms with Gasteiger partial charge in [0.15, 0.2) is 24.7 Å². The third-order valence-electron chi connectivity index (χ3n) is 4.03. The Hall–Kier alpha value is -2.35. The molecule has 1 heterocycles. The van der Waals surface area contributed by atoms with Crippen molar-refractivity contribution in [3.63, 3.8) is 0 Å². The van der Waals surface area contributed by atoms with Gasteiger partial charge in [-0.15, -0.1) is 0 Å². The van der Waals surface area contributed by atoms with E-state index in [1.165, 1.54) is 12.1 Å². The van der Waals surface area contributed by atoms with Gasteiger partial charge < -0.3 is 24.3 Å². The molecule has 3 rings (SSSR count). The smallest absolute Gasteiger partial charge is 0.344 e. The molecule has 0 atom stereocenters. The molecule has 1 aliphatic rings. The van der Waals surface area contributed by atoms with Gasteiger partial charge in [-0.05, 0) is 30.2 Å². The molecule has 1 amide bonds. The van der Waals surface area contributed by atoms with Gasteiger partial charge >= 0.3 is 5.97 Å². The second kappa shape index (κ2) is 10.6. The minimum Gasteiger partial charge on any atom is -0.486 e. The zero-order valence-electron chi connectivity index (χ0n) is 15.7. The summed E-state index contributed by atoms with van der Waals surface area (Å²) in [6, 6.07) is 8.43. The maximum Gasteiger partial charge on any atom is 0.344 e. The standard InChI is InChI=1S/C20H18Cl3NO6/c21-13-8-15(23)17(9-14(13)22)29-11-20(26)30-10-19(25)24-4-3-12-1-2-16-18(7-12)28-6-5-27-16/h1-2,7-9H,3-6,10-11H2,(H,24,25). The number of fused-ring (bicyclic) bond motifs is 1. The average molecular weight is 475 g/mol. The minimum atomic E-state index is -0.723. The van der Waals surface area contributed by atoms with Crippen LogP contribution < -0.4 is 19.5 Å². The zero-order chi connectivity index (χ0) is 21.5. The number of amides is 1.